The zero-order chi connectivity index (χ0) is 32.3. The molecule has 2 heterocycles. The van der Waals surface area contributed by atoms with Crippen molar-refractivity contribution in [2.75, 3.05) is 0 Å². The highest BCUT2D eigenvalue weighted by Gasteiger charge is 2.40. The molecule has 0 amide bonds. The third kappa shape index (κ3) is 4.49. The number of nitrogens with zero attached hydrogens (tertiary/aromatic N) is 3. The van der Waals surface area contributed by atoms with Crippen LogP contribution in [0.4, 0.5) is 0 Å². The van der Waals surface area contributed by atoms with E-state index in [1.54, 1.807) is 0 Å². The molecule has 0 saturated heterocycles. The molecule has 1 aromatic heterocycles. The van der Waals surface area contributed by atoms with Crippen LogP contribution in [0.5, 0.6) is 5.75 Å². The molecule has 10 rings (SSSR count). The molecule has 0 saturated carbocycles. The molecule has 0 radical (unpaired) electrons. The minimum absolute atomic E-state index is 0.0881. The molecule has 4 heteroatoms. The predicted molar refractivity (Wildman–Crippen MR) is 199 cm³/mol. The molecule has 2 atom stereocenters. The molecular weight excluding hydrogens is 599 g/mol. The van der Waals surface area contributed by atoms with E-state index in [0.717, 1.165) is 39.1 Å². The number of benzene rings is 7. The van der Waals surface area contributed by atoms with Crippen molar-refractivity contribution in [3.05, 3.63) is 181 Å². The molecule has 1 aliphatic heterocycles. The third-order valence-corrected chi connectivity index (χ3v) is 9.89. The molecule has 49 heavy (non-hydrogen) atoms. The minimum Gasteiger partial charge on any atom is -0.485 e. The first-order valence-corrected chi connectivity index (χ1v) is 16.7. The number of ether oxygens (including phenoxy) is 1. The van der Waals surface area contributed by atoms with Gasteiger partial charge >= 0.3 is 0 Å². The van der Waals surface area contributed by atoms with Crippen LogP contribution in [0.3, 0.4) is 0 Å². The second kappa shape index (κ2) is 11.1. The van der Waals surface area contributed by atoms with Crippen molar-refractivity contribution in [3.63, 3.8) is 0 Å². The smallest absolute Gasteiger partial charge is 0.164 e. The van der Waals surface area contributed by atoms with E-state index in [1.165, 1.54) is 32.3 Å². The summed E-state index contributed by atoms with van der Waals surface area (Å²) >= 11 is 0. The van der Waals surface area contributed by atoms with Gasteiger partial charge in [-0.15, -0.1) is 0 Å². The van der Waals surface area contributed by atoms with Gasteiger partial charge in [0.15, 0.2) is 17.5 Å². The van der Waals surface area contributed by atoms with Gasteiger partial charge in [-0.1, -0.05) is 146 Å². The largest absolute Gasteiger partial charge is 0.485 e. The van der Waals surface area contributed by atoms with Gasteiger partial charge in [-0.05, 0) is 61.7 Å². The second-order valence-corrected chi connectivity index (χ2v) is 12.7. The second-order valence-electron chi connectivity index (χ2n) is 12.7. The fourth-order valence-electron chi connectivity index (χ4n) is 7.67. The Morgan fingerprint density at radius 3 is 1.57 bits per heavy atom. The maximum Gasteiger partial charge on any atom is 0.164 e. The van der Waals surface area contributed by atoms with E-state index in [-0.39, 0.29) is 12.0 Å². The lowest BCUT2D eigenvalue weighted by atomic mass is 9.78. The lowest BCUT2D eigenvalue weighted by molar-refractivity contribution is 0.271. The van der Waals surface area contributed by atoms with Crippen LogP contribution in [0.2, 0.25) is 0 Å². The molecule has 7 aromatic carbocycles. The van der Waals surface area contributed by atoms with Crippen molar-refractivity contribution in [1.29, 1.82) is 0 Å². The molecule has 0 fully saturated rings. The fourth-order valence-corrected chi connectivity index (χ4v) is 7.67. The predicted octanol–water partition coefficient (Wildman–Crippen LogP) is 10.7. The van der Waals surface area contributed by atoms with Gasteiger partial charge in [-0.3, -0.25) is 0 Å². The van der Waals surface area contributed by atoms with E-state index >= 15 is 0 Å². The average molecular weight is 628 g/mol. The fraction of sp³-hybridized carbons (Fsp3) is 0.0444. The minimum atomic E-state index is -0.168. The SMILES string of the molecule is C1=CC2Oc3ccccc3C2C(c2nc(-c3ccccc3)nc(-c3ccccc3)n2)=C1c1ccc2c3ccccc3c3ccccc3c2c1. The van der Waals surface area contributed by atoms with Gasteiger partial charge < -0.3 is 4.74 Å². The van der Waals surface area contributed by atoms with Crippen LogP contribution in [-0.4, -0.2) is 21.1 Å². The summed E-state index contributed by atoms with van der Waals surface area (Å²) < 4.78 is 6.56. The van der Waals surface area contributed by atoms with Crippen LogP contribution in [0, 0.1) is 0 Å². The van der Waals surface area contributed by atoms with Crippen LogP contribution in [-0.2, 0) is 0 Å². The summed E-state index contributed by atoms with van der Waals surface area (Å²) in [6.45, 7) is 0. The number of fused-ring (bicyclic) bond motifs is 9. The number of para-hydroxylation sites is 1. The van der Waals surface area contributed by atoms with Crippen molar-refractivity contribution < 1.29 is 4.74 Å². The molecule has 0 N–H and O–H groups in total. The van der Waals surface area contributed by atoms with E-state index in [0.29, 0.717) is 17.5 Å². The van der Waals surface area contributed by atoms with Crippen molar-refractivity contribution in [1.82, 2.24) is 15.0 Å². The highest BCUT2D eigenvalue weighted by atomic mass is 16.5. The first-order chi connectivity index (χ1) is 24.3. The normalized spacial score (nSPS) is 16.6. The molecular formula is C45H29N3O. The monoisotopic (exact) mass is 627 g/mol. The standard InChI is InChI=1S/C45H29N3O/c1-3-13-28(14-4-1)43-46-44(29-15-5-2-6-16-29)48-45(47-43)42-31(25-26-40-41(42)37-21-11-12-22-39(37)49-40)30-23-24-36-34-19-8-7-17-32(34)33-18-9-10-20-35(33)38(36)27-30/h1-27,40-41H. The summed E-state index contributed by atoms with van der Waals surface area (Å²) in [6.07, 6.45) is 4.24. The first kappa shape index (κ1) is 27.7. The summed E-state index contributed by atoms with van der Waals surface area (Å²) in [5, 5.41) is 7.49. The van der Waals surface area contributed by atoms with Crippen LogP contribution in [0.1, 0.15) is 22.9 Å². The average Bonchev–Trinajstić information content (AvgIpc) is 3.57. The van der Waals surface area contributed by atoms with Crippen molar-refractivity contribution in [2.24, 2.45) is 0 Å². The Labute approximate surface area is 283 Å². The van der Waals surface area contributed by atoms with E-state index < -0.39 is 0 Å². The number of rotatable bonds is 4. The molecule has 0 spiro atoms. The summed E-state index contributed by atoms with van der Waals surface area (Å²) in [5.41, 5.74) is 6.28. The van der Waals surface area contributed by atoms with Gasteiger partial charge in [0.05, 0.1) is 5.92 Å². The number of allylic oxidation sites excluding steroid dienone is 2. The van der Waals surface area contributed by atoms with Gasteiger partial charge in [0.1, 0.15) is 11.9 Å². The number of aromatic nitrogens is 3. The van der Waals surface area contributed by atoms with Crippen molar-refractivity contribution in [3.8, 4) is 28.5 Å². The highest BCUT2D eigenvalue weighted by molar-refractivity contribution is 6.25. The Hall–Kier alpha value is -6.39. The van der Waals surface area contributed by atoms with Crippen LogP contribution < -0.4 is 4.74 Å². The summed E-state index contributed by atoms with van der Waals surface area (Å²) in [7, 11) is 0. The molecule has 4 nitrogen and oxygen atoms in total. The molecule has 2 unspecified atom stereocenters. The Balaban J connectivity index is 1.28. The Kier molecular flexibility index (Phi) is 6.28. The molecule has 0 bridgehead atoms. The zero-order valence-electron chi connectivity index (χ0n) is 26.5. The number of hydrogen-bond acceptors (Lipinski definition) is 4. The maximum absolute atomic E-state index is 6.56. The molecule has 1 aliphatic carbocycles. The van der Waals surface area contributed by atoms with E-state index in [2.05, 4.69) is 121 Å². The molecule has 2 aliphatic rings. The van der Waals surface area contributed by atoms with Gasteiger partial charge in [0.2, 0.25) is 0 Å². The first-order valence-electron chi connectivity index (χ1n) is 16.7. The lowest BCUT2D eigenvalue weighted by Gasteiger charge is -2.26. The molecule has 230 valence electrons. The highest BCUT2D eigenvalue weighted by Crippen LogP contribution is 2.51. The van der Waals surface area contributed by atoms with Crippen molar-refractivity contribution >= 4 is 43.5 Å². The topological polar surface area (TPSA) is 47.9 Å². The Morgan fingerprint density at radius 1 is 0.429 bits per heavy atom. The Bertz CT molecular complexity index is 2550. The van der Waals surface area contributed by atoms with Gasteiger partial charge in [-0.2, -0.15) is 0 Å². The van der Waals surface area contributed by atoms with Crippen LogP contribution in [0.25, 0.3) is 66.2 Å². The van der Waals surface area contributed by atoms with Crippen molar-refractivity contribution in [2.45, 2.75) is 12.0 Å². The summed E-state index contributed by atoms with van der Waals surface area (Å²) in [4.78, 5) is 15.5. The zero-order valence-corrected chi connectivity index (χ0v) is 26.5. The van der Waals surface area contributed by atoms with Gasteiger partial charge in [0, 0.05) is 22.3 Å². The summed E-state index contributed by atoms with van der Waals surface area (Å²) in [5.74, 6) is 2.76. The third-order valence-electron chi connectivity index (χ3n) is 9.89. The quantitative estimate of drug-likeness (QED) is 0.182. The maximum atomic E-state index is 6.56. The van der Waals surface area contributed by atoms with Gasteiger partial charge in [-0.25, -0.2) is 15.0 Å². The summed E-state index contributed by atoms with van der Waals surface area (Å²) in [6, 6.07) is 53.0. The van der Waals surface area contributed by atoms with Crippen LogP contribution >= 0.6 is 0 Å². The van der Waals surface area contributed by atoms with E-state index in [4.69, 9.17) is 19.7 Å². The Morgan fingerprint density at radius 2 is 0.939 bits per heavy atom. The van der Waals surface area contributed by atoms with E-state index in [9.17, 15) is 0 Å². The molecule has 8 aromatic rings. The number of hydrogen-bond donors (Lipinski definition) is 0. The lowest BCUT2D eigenvalue weighted by Crippen LogP contribution is -2.22. The van der Waals surface area contributed by atoms with E-state index in [1.807, 2.05) is 42.5 Å². The van der Waals surface area contributed by atoms with Crippen LogP contribution in [0.15, 0.2) is 164 Å². The van der Waals surface area contributed by atoms with Gasteiger partial charge in [0.25, 0.3) is 0 Å².